The summed E-state index contributed by atoms with van der Waals surface area (Å²) in [5, 5.41) is 9.56. The summed E-state index contributed by atoms with van der Waals surface area (Å²) in [7, 11) is 0. The van der Waals surface area contributed by atoms with Gasteiger partial charge in [-0.05, 0) is 24.7 Å². The molecule has 0 aromatic heterocycles. The van der Waals surface area contributed by atoms with Gasteiger partial charge in [0.15, 0.2) is 0 Å². The average Bonchev–Trinajstić information content (AvgIpc) is 1.94. The van der Waals surface area contributed by atoms with Gasteiger partial charge in [-0.1, -0.05) is 32.4 Å². The number of rotatable bonds is 1. The lowest BCUT2D eigenvalue weighted by molar-refractivity contribution is 0.109. The minimum absolute atomic E-state index is 0.0996. The third-order valence-corrected chi connectivity index (χ3v) is 2.60. The SMILES string of the molecule is CC(C)C1=CC[C@H](C)[C@@H](O)C1. The second-order valence-electron chi connectivity index (χ2n) is 3.92. The van der Waals surface area contributed by atoms with Crippen molar-refractivity contribution in [3.05, 3.63) is 11.6 Å². The summed E-state index contributed by atoms with van der Waals surface area (Å²) in [6.45, 7) is 6.49. The molecule has 1 aliphatic rings. The van der Waals surface area contributed by atoms with Crippen LogP contribution in [0.5, 0.6) is 0 Å². The largest absolute Gasteiger partial charge is 0.393 e. The van der Waals surface area contributed by atoms with E-state index in [9.17, 15) is 5.11 Å². The van der Waals surface area contributed by atoms with Gasteiger partial charge in [0.1, 0.15) is 0 Å². The topological polar surface area (TPSA) is 20.2 Å². The van der Waals surface area contributed by atoms with E-state index < -0.39 is 0 Å². The molecule has 0 aromatic carbocycles. The fourth-order valence-electron chi connectivity index (χ4n) is 1.49. The van der Waals surface area contributed by atoms with Crippen molar-refractivity contribution in [1.82, 2.24) is 0 Å². The van der Waals surface area contributed by atoms with Crippen LogP contribution in [0.25, 0.3) is 0 Å². The molecule has 0 unspecified atom stereocenters. The molecule has 0 aliphatic heterocycles. The smallest absolute Gasteiger partial charge is 0.0605 e. The third kappa shape index (κ3) is 2.06. The molecule has 0 aromatic rings. The van der Waals surface area contributed by atoms with Crippen LogP contribution in [0.2, 0.25) is 0 Å². The molecule has 0 saturated heterocycles. The van der Waals surface area contributed by atoms with E-state index in [2.05, 4.69) is 26.8 Å². The second-order valence-corrected chi connectivity index (χ2v) is 3.92. The molecule has 1 aliphatic carbocycles. The fraction of sp³-hybridized carbons (Fsp3) is 0.800. The molecular formula is C10H18O. The van der Waals surface area contributed by atoms with Gasteiger partial charge in [-0.25, -0.2) is 0 Å². The van der Waals surface area contributed by atoms with Gasteiger partial charge in [0.2, 0.25) is 0 Å². The lowest BCUT2D eigenvalue weighted by Crippen LogP contribution is -2.22. The molecule has 0 radical (unpaired) electrons. The predicted octanol–water partition coefficient (Wildman–Crippen LogP) is 2.36. The van der Waals surface area contributed by atoms with Crippen molar-refractivity contribution in [2.45, 2.75) is 39.7 Å². The highest BCUT2D eigenvalue weighted by molar-refractivity contribution is 5.10. The summed E-state index contributed by atoms with van der Waals surface area (Å²) in [6, 6.07) is 0. The summed E-state index contributed by atoms with van der Waals surface area (Å²) in [5.41, 5.74) is 1.43. The Morgan fingerprint density at radius 3 is 2.64 bits per heavy atom. The first-order valence-corrected chi connectivity index (χ1v) is 4.48. The maximum absolute atomic E-state index is 9.56. The highest BCUT2D eigenvalue weighted by Gasteiger charge is 2.20. The molecule has 0 heterocycles. The van der Waals surface area contributed by atoms with Crippen LogP contribution in [-0.2, 0) is 0 Å². The van der Waals surface area contributed by atoms with Crippen molar-refractivity contribution < 1.29 is 5.11 Å². The third-order valence-electron chi connectivity index (χ3n) is 2.60. The van der Waals surface area contributed by atoms with Crippen LogP contribution >= 0.6 is 0 Å². The number of allylic oxidation sites excluding steroid dienone is 1. The molecule has 0 amide bonds. The lowest BCUT2D eigenvalue weighted by atomic mass is 9.84. The van der Waals surface area contributed by atoms with E-state index in [1.807, 2.05) is 0 Å². The first-order valence-electron chi connectivity index (χ1n) is 4.48. The minimum Gasteiger partial charge on any atom is -0.393 e. The quantitative estimate of drug-likeness (QED) is 0.575. The minimum atomic E-state index is -0.0996. The normalized spacial score (nSPS) is 32.3. The Balaban J connectivity index is 2.59. The first kappa shape index (κ1) is 8.79. The van der Waals surface area contributed by atoms with Crippen LogP contribution in [0, 0.1) is 11.8 Å². The Bertz CT molecular complexity index is 158. The summed E-state index contributed by atoms with van der Waals surface area (Å²) < 4.78 is 0. The van der Waals surface area contributed by atoms with Crippen LogP contribution in [-0.4, -0.2) is 11.2 Å². The molecule has 0 spiro atoms. The van der Waals surface area contributed by atoms with Crippen LogP contribution in [0.3, 0.4) is 0 Å². The zero-order valence-corrected chi connectivity index (χ0v) is 7.67. The monoisotopic (exact) mass is 154 g/mol. The molecule has 0 fully saturated rings. The summed E-state index contributed by atoms with van der Waals surface area (Å²) in [6.07, 6.45) is 4.13. The van der Waals surface area contributed by atoms with Gasteiger partial charge >= 0.3 is 0 Å². The van der Waals surface area contributed by atoms with E-state index in [1.54, 1.807) is 0 Å². The van der Waals surface area contributed by atoms with Crippen molar-refractivity contribution in [3.63, 3.8) is 0 Å². The van der Waals surface area contributed by atoms with Crippen LogP contribution in [0.4, 0.5) is 0 Å². The number of hydrogen-bond acceptors (Lipinski definition) is 1. The molecule has 1 nitrogen and oxygen atoms in total. The maximum atomic E-state index is 9.56. The number of aliphatic hydroxyl groups excluding tert-OH is 1. The van der Waals surface area contributed by atoms with Gasteiger partial charge in [0, 0.05) is 0 Å². The van der Waals surface area contributed by atoms with Gasteiger partial charge < -0.3 is 5.11 Å². The van der Waals surface area contributed by atoms with Crippen LogP contribution < -0.4 is 0 Å². The van der Waals surface area contributed by atoms with Gasteiger partial charge in [0.05, 0.1) is 6.10 Å². The van der Waals surface area contributed by atoms with E-state index in [0.717, 1.165) is 12.8 Å². The standard InChI is InChI=1S/C10H18O/c1-7(2)9-5-4-8(3)10(11)6-9/h5,7-8,10-11H,4,6H2,1-3H3/t8-,10-/m0/s1. The molecule has 1 N–H and O–H groups in total. The maximum Gasteiger partial charge on any atom is 0.0605 e. The fourth-order valence-corrected chi connectivity index (χ4v) is 1.49. The molecule has 64 valence electrons. The number of hydrogen-bond donors (Lipinski definition) is 1. The van der Waals surface area contributed by atoms with Crippen molar-refractivity contribution in [1.29, 1.82) is 0 Å². The number of aliphatic hydroxyl groups is 1. The lowest BCUT2D eigenvalue weighted by Gasteiger charge is -2.26. The molecular weight excluding hydrogens is 136 g/mol. The highest BCUT2D eigenvalue weighted by Crippen LogP contribution is 2.27. The Hall–Kier alpha value is -0.300. The summed E-state index contributed by atoms with van der Waals surface area (Å²) >= 11 is 0. The average molecular weight is 154 g/mol. The van der Waals surface area contributed by atoms with Crippen LogP contribution in [0.1, 0.15) is 33.6 Å². The molecule has 0 bridgehead atoms. The van der Waals surface area contributed by atoms with Gasteiger partial charge in [-0.2, -0.15) is 0 Å². The molecule has 1 heteroatoms. The first-order chi connectivity index (χ1) is 5.11. The van der Waals surface area contributed by atoms with Gasteiger partial charge in [-0.15, -0.1) is 0 Å². The Kier molecular flexibility index (Phi) is 2.72. The zero-order valence-electron chi connectivity index (χ0n) is 7.67. The van der Waals surface area contributed by atoms with E-state index in [0.29, 0.717) is 11.8 Å². The zero-order chi connectivity index (χ0) is 8.43. The van der Waals surface area contributed by atoms with E-state index >= 15 is 0 Å². The Morgan fingerprint density at radius 2 is 2.18 bits per heavy atom. The van der Waals surface area contributed by atoms with Crippen molar-refractivity contribution in [3.8, 4) is 0 Å². The molecule has 1 rings (SSSR count). The van der Waals surface area contributed by atoms with Crippen molar-refractivity contribution in [2.75, 3.05) is 0 Å². The predicted molar refractivity (Wildman–Crippen MR) is 47.3 cm³/mol. The van der Waals surface area contributed by atoms with Crippen molar-refractivity contribution in [2.24, 2.45) is 11.8 Å². The van der Waals surface area contributed by atoms with Gasteiger partial charge in [0.25, 0.3) is 0 Å². The van der Waals surface area contributed by atoms with E-state index in [-0.39, 0.29) is 6.10 Å². The second kappa shape index (κ2) is 3.40. The van der Waals surface area contributed by atoms with E-state index in [4.69, 9.17) is 0 Å². The Labute approximate surface area is 69.1 Å². The highest BCUT2D eigenvalue weighted by atomic mass is 16.3. The van der Waals surface area contributed by atoms with Gasteiger partial charge in [-0.3, -0.25) is 0 Å². The van der Waals surface area contributed by atoms with Crippen molar-refractivity contribution >= 4 is 0 Å². The van der Waals surface area contributed by atoms with E-state index in [1.165, 1.54) is 5.57 Å². The van der Waals surface area contributed by atoms with Crippen LogP contribution in [0.15, 0.2) is 11.6 Å². The summed E-state index contributed by atoms with van der Waals surface area (Å²) in [4.78, 5) is 0. The molecule has 2 atom stereocenters. The molecule has 0 saturated carbocycles. The molecule has 11 heavy (non-hydrogen) atoms. The summed E-state index contributed by atoms with van der Waals surface area (Å²) in [5.74, 6) is 1.06. The Morgan fingerprint density at radius 1 is 1.55 bits per heavy atom.